The third-order valence-corrected chi connectivity index (χ3v) is 5.93. The number of hydrogen-bond acceptors (Lipinski definition) is 9. The minimum atomic E-state index is -0.447. The summed E-state index contributed by atoms with van der Waals surface area (Å²) in [5, 5.41) is 5.90. The zero-order valence-electron chi connectivity index (χ0n) is 19.7. The number of methoxy groups -OCH3 is 3. The van der Waals surface area contributed by atoms with Crippen molar-refractivity contribution in [3.8, 4) is 5.88 Å². The van der Waals surface area contributed by atoms with Gasteiger partial charge in [-0.2, -0.15) is 4.98 Å². The number of rotatable bonds is 8. The van der Waals surface area contributed by atoms with Crippen molar-refractivity contribution in [2.24, 2.45) is 0 Å². The van der Waals surface area contributed by atoms with Gasteiger partial charge in [0.1, 0.15) is 11.4 Å². The number of nitrogens with two attached hydrogens (primary N) is 1. The third-order valence-electron chi connectivity index (χ3n) is 5.63. The number of amides is 2. The van der Waals surface area contributed by atoms with Crippen LogP contribution in [0.25, 0.3) is 0 Å². The lowest BCUT2D eigenvalue weighted by Crippen LogP contribution is -2.55. The van der Waals surface area contributed by atoms with E-state index in [1.165, 1.54) is 20.3 Å². The van der Waals surface area contributed by atoms with Crippen LogP contribution in [-0.4, -0.2) is 80.8 Å². The monoisotopic (exact) mass is 505 g/mol. The number of ether oxygens (including phenoxy) is 3. The number of nitrogen functional groups attached to an aromatic ring is 1. The maximum Gasteiger partial charge on any atom is 0.337 e. The first-order valence-electron chi connectivity index (χ1n) is 10.8. The summed E-state index contributed by atoms with van der Waals surface area (Å²) in [6.07, 6.45) is 0.215. The Labute approximate surface area is 207 Å². The fourth-order valence-corrected chi connectivity index (χ4v) is 3.94. The van der Waals surface area contributed by atoms with Crippen molar-refractivity contribution in [3.63, 3.8) is 0 Å². The van der Waals surface area contributed by atoms with Crippen LogP contribution >= 0.6 is 11.6 Å². The number of likely N-dealkylation sites (tertiary alicyclic amines) is 1. The molecular weight excluding hydrogens is 478 g/mol. The normalized spacial score (nSPS) is 17.9. The van der Waals surface area contributed by atoms with E-state index in [-0.39, 0.29) is 46.9 Å². The van der Waals surface area contributed by atoms with Crippen molar-refractivity contribution >= 4 is 40.9 Å². The molecule has 2 amide bonds. The van der Waals surface area contributed by atoms with Gasteiger partial charge in [0.2, 0.25) is 11.8 Å². The average molecular weight is 506 g/mol. The van der Waals surface area contributed by atoms with Crippen LogP contribution in [0.4, 0.5) is 11.5 Å². The third kappa shape index (κ3) is 6.59. The van der Waals surface area contributed by atoms with Gasteiger partial charge in [0.15, 0.2) is 0 Å². The number of benzene rings is 1. The SMILES string of the molecule is COC(=O)c1ccc(NC(=O)CN2CC[C@H](NC(=O)c3cc(Cl)c(N)nc3OC)[C@H](OC)C2)cc1. The minimum absolute atomic E-state index is 0.0702. The summed E-state index contributed by atoms with van der Waals surface area (Å²) < 4.78 is 15.4. The van der Waals surface area contributed by atoms with Gasteiger partial charge in [0.05, 0.1) is 43.5 Å². The number of nitrogens with one attached hydrogen (secondary N) is 2. The molecule has 0 aliphatic carbocycles. The number of carbonyl (C=O) groups excluding carboxylic acids is 3. The summed E-state index contributed by atoms with van der Waals surface area (Å²) in [6.45, 7) is 1.15. The number of aromatic nitrogens is 1. The van der Waals surface area contributed by atoms with Crippen LogP contribution < -0.4 is 21.1 Å². The van der Waals surface area contributed by atoms with Crippen LogP contribution in [0.3, 0.4) is 0 Å². The van der Waals surface area contributed by atoms with Gasteiger partial charge in [-0.3, -0.25) is 14.5 Å². The van der Waals surface area contributed by atoms with E-state index < -0.39 is 11.9 Å². The highest BCUT2D eigenvalue weighted by molar-refractivity contribution is 6.33. The molecular formula is C23H28ClN5O6. The van der Waals surface area contributed by atoms with E-state index in [1.807, 2.05) is 4.90 Å². The van der Waals surface area contributed by atoms with Gasteiger partial charge in [-0.25, -0.2) is 4.79 Å². The van der Waals surface area contributed by atoms with E-state index in [0.717, 1.165) is 0 Å². The van der Waals surface area contributed by atoms with Crippen LogP contribution in [-0.2, 0) is 14.3 Å². The second kappa shape index (κ2) is 11.8. The molecule has 1 aromatic heterocycles. The van der Waals surface area contributed by atoms with E-state index in [9.17, 15) is 14.4 Å². The summed E-state index contributed by atoms with van der Waals surface area (Å²) in [6, 6.07) is 7.55. The van der Waals surface area contributed by atoms with Crippen molar-refractivity contribution in [1.82, 2.24) is 15.2 Å². The molecule has 12 heteroatoms. The second-order valence-electron chi connectivity index (χ2n) is 7.91. The van der Waals surface area contributed by atoms with Gasteiger partial charge >= 0.3 is 5.97 Å². The van der Waals surface area contributed by atoms with Crippen molar-refractivity contribution in [2.45, 2.75) is 18.6 Å². The van der Waals surface area contributed by atoms with Crippen molar-refractivity contribution in [2.75, 3.05) is 52.0 Å². The Balaban J connectivity index is 1.56. The first-order chi connectivity index (χ1) is 16.7. The summed E-state index contributed by atoms with van der Waals surface area (Å²) in [5.41, 5.74) is 6.82. The van der Waals surface area contributed by atoms with Crippen molar-refractivity contribution in [1.29, 1.82) is 0 Å². The highest BCUT2D eigenvalue weighted by Crippen LogP contribution is 2.25. The van der Waals surface area contributed by atoms with Crippen molar-refractivity contribution in [3.05, 3.63) is 46.5 Å². The number of nitrogens with zero attached hydrogens (tertiary/aromatic N) is 2. The Morgan fingerprint density at radius 2 is 1.91 bits per heavy atom. The fourth-order valence-electron chi connectivity index (χ4n) is 3.79. The van der Waals surface area contributed by atoms with E-state index in [0.29, 0.717) is 30.8 Å². The molecule has 1 saturated heterocycles. The highest BCUT2D eigenvalue weighted by atomic mass is 35.5. The van der Waals surface area contributed by atoms with Gasteiger partial charge in [0, 0.05) is 25.9 Å². The molecule has 0 radical (unpaired) electrons. The van der Waals surface area contributed by atoms with Gasteiger partial charge in [-0.1, -0.05) is 11.6 Å². The van der Waals surface area contributed by atoms with Crippen LogP contribution in [0.5, 0.6) is 5.88 Å². The first-order valence-corrected chi connectivity index (χ1v) is 11.2. The Morgan fingerprint density at radius 1 is 1.20 bits per heavy atom. The molecule has 188 valence electrons. The van der Waals surface area contributed by atoms with Crippen LogP contribution in [0.2, 0.25) is 5.02 Å². The lowest BCUT2D eigenvalue weighted by Gasteiger charge is -2.37. The molecule has 2 aromatic rings. The Morgan fingerprint density at radius 3 is 2.54 bits per heavy atom. The maximum atomic E-state index is 12.9. The number of anilines is 2. The number of hydrogen-bond donors (Lipinski definition) is 3. The summed E-state index contributed by atoms with van der Waals surface area (Å²) in [7, 11) is 4.25. The Kier molecular flexibility index (Phi) is 8.85. The molecule has 1 aromatic carbocycles. The van der Waals surface area contributed by atoms with Crippen LogP contribution in [0.1, 0.15) is 27.1 Å². The van der Waals surface area contributed by atoms with E-state index in [2.05, 4.69) is 20.4 Å². The topological polar surface area (TPSA) is 145 Å². The smallest absolute Gasteiger partial charge is 0.337 e. The molecule has 11 nitrogen and oxygen atoms in total. The van der Waals surface area contributed by atoms with Gasteiger partial charge in [-0.05, 0) is 36.8 Å². The number of piperidine rings is 1. The zero-order valence-corrected chi connectivity index (χ0v) is 20.4. The van der Waals surface area contributed by atoms with Gasteiger partial charge in [0.25, 0.3) is 5.91 Å². The molecule has 0 bridgehead atoms. The molecule has 4 N–H and O–H groups in total. The van der Waals surface area contributed by atoms with Gasteiger partial charge < -0.3 is 30.6 Å². The first kappa shape index (κ1) is 26.2. The van der Waals surface area contributed by atoms with Crippen molar-refractivity contribution < 1.29 is 28.6 Å². The van der Waals surface area contributed by atoms with Gasteiger partial charge in [-0.15, -0.1) is 0 Å². The van der Waals surface area contributed by atoms with Crippen LogP contribution in [0.15, 0.2) is 30.3 Å². The Bertz CT molecular complexity index is 1080. The van der Waals surface area contributed by atoms with Crippen LogP contribution in [0, 0.1) is 0 Å². The number of pyridine rings is 1. The molecule has 1 fully saturated rings. The molecule has 1 aliphatic rings. The molecule has 35 heavy (non-hydrogen) atoms. The molecule has 0 spiro atoms. The largest absolute Gasteiger partial charge is 0.480 e. The lowest BCUT2D eigenvalue weighted by molar-refractivity contribution is -0.118. The molecule has 0 saturated carbocycles. The summed E-state index contributed by atoms with van der Waals surface area (Å²) in [4.78, 5) is 42.9. The standard InChI is InChI=1S/C23H28ClN5O6/c1-33-18-11-29(12-19(30)26-14-6-4-13(5-7-14)23(32)35-3)9-8-17(18)27-21(31)15-10-16(24)20(25)28-22(15)34-2/h4-7,10,17-18H,8-9,11-12H2,1-3H3,(H2,25,28)(H,26,30)(H,27,31)/t17-,18+/m0/s1. The number of carbonyl (C=O) groups is 3. The van der Waals surface area contributed by atoms with E-state index in [4.69, 9.17) is 26.8 Å². The second-order valence-corrected chi connectivity index (χ2v) is 8.31. The van der Waals surface area contributed by atoms with E-state index in [1.54, 1.807) is 31.4 Å². The molecule has 0 unspecified atom stereocenters. The summed E-state index contributed by atoms with van der Waals surface area (Å²) >= 11 is 6.03. The fraction of sp³-hybridized carbons (Fsp3) is 0.391. The lowest BCUT2D eigenvalue weighted by atomic mass is 10.0. The highest BCUT2D eigenvalue weighted by Gasteiger charge is 2.32. The molecule has 3 rings (SSSR count). The summed E-state index contributed by atoms with van der Waals surface area (Å²) in [5.74, 6) is -0.920. The minimum Gasteiger partial charge on any atom is -0.480 e. The van der Waals surface area contributed by atoms with E-state index >= 15 is 0 Å². The number of halogens is 1. The number of esters is 1. The zero-order chi connectivity index (χ0) is 25.5. The quantitative estimate of drug-likeness (QED) is 0.455. The Hall–Kier alpha value is -3.41. The molecule has 2 atom stereocenters. The maximum absolute atomic E-state index is 12.9. The predicted molar refractivity (Wildman–Crippen MR) is 130 cm³/mol. The molecule has 1 aliphatic heterocycles. The molecule has 2 heterocycles. The predicted octanol–water partition coefficient (Wildman–Crippen LogP) is 1.57. The average Bonchev–Trinajstić information content (AvgIpc) is 2.86.